The molecule has 0 spiro atoms. The van der Waals surface area contributed by atoms with Gasteiger partial charge in [-0.15, -0.1) is 0 Å². The summed E-state index contributed by atoms with van der Waals surface area (Å²) in [6.07, 6.45) is -3.74. The van der Waals surface area contributed by atoms with Gasteiger partial charge in [0.05, 0.1) is 18.3 Å². The summed E-state index contributed by atoms with van der Waals surface area (Å²) < 4.78 is 57.1. The fraction of sp³-hybridized carbons (Fsp3) is 0.600. The maximum atomic E-state index is 13.7. The Morgan fingerprint density at radius 2 is 2.10 bits per heavy atom. The molecule has 0 radical (unpaired) electrons. The Labute approximate surface area is 121 Å². The van der Waals surface area contributed by atoms with Gasteiger partial charge in [0.15, 0.2) is 0 Å². The topological polar surface area (TPSA) is 21.3 Å². The molecule has 1 heterocycles. The van der Waals surface area contributed by atoms with Gasteiger partial charge in [0.2, 0.25) is 0 Å². The van der Waals surface area contributed by atoms with E-state index in [2.05, 4.69) is 5.32 Å². The van der Waals surface area contributed by atoms with Gasteiger partial charge in [0.25, 0.3) is 0 Å². The average molecular weight is 305 g/mol. The van der Waals surface area contributed by atoms with Crippen LogP contribution < -0.4 is 5.32 Å². The van der Waals surface area contributed by atoms with Crippen LogP contribution in [0.4, 0.5) is 17.6 Å². The summed E-state index contributed by atoms with van der Waals surface area (Å²) in [7, 11) is 0. The van der Waals surface area contributed by atoms with Gasteiger partial charge in [-0.1, -0.05) is 13.0 Å². The molecular weight excluding hydrogens is 286 g/mol. The maximum Gasteiger partial charge on any atom is 0.419 e. The largest absolute Gasteiger partial charge is 0.419 e. The first-order chi connectivity index (χ1) is 9.82. The van der Waals surface area contributed by atoms with E-state index in [0.29, 0.717) is 18.7 Å². The summed E-state index contributed by atoms with van der Waals surface area (Å²) in [6, 6.07) is 2.95. The molecule has 1 aliphatic rings. The van der Waals surface area contributed by atoms with Gasteiger partial charge in [0, 0.05) is 12.0 Å². The summed E-state index contributed by atoms with van der Waals surface area (Å²) in [6.45, 7) is 5.04. The molecule has 0 aliphatic carbocycles. The second kappa shape index (κ2) is 6.32. The molecule has 2 rings (SSSR count). The zero-order valence-electron chi connectivity index (χ0n) is 12.0. The molecule has 21 heavy (non-hydrogen) atoms. The predicted octanol–water partition coefficient (Wildman–Crippen LogP) is 3.92. The van der Waals surface area contributed by atoms with E-state index in [1.165, 1.54) is 6.07 Å². The summed E-state index contributed by atoms with van der Waals surface area (Å²) in [5.41, 5.74) is -0.692. The molecule has 1 fully saturated rings. The summed E-state index contributed by atoms with van der Waals surface area (Å²) in [5, 5.41) is 3.22. The van der Waals surface area contributed by atoms with Crippen LogP contribution in [-0.2, 0) is 10.9 Å². The third-order valence-electron chi connectivity index (χ3n) is 3.78. The Balaban J connectivity index is 2.27. The van der Waals surface area contributed by atoms with Crippen molar-refractivity contribution in [2.75, 3.05) is 13.2 Å². The normalized spacial score (nSPS) is 24.3. The summed E-state index contributed by atoms with van der Waals surface area (Å²) in [5.74, 6) is -1.09. The van der Waals surface area contributed by atoms with Gasteiger partial charge in [-0.25, -0.2) is 4.39 Å². The van der Waals surface area contributed by atoms with E-state index < -0.39 is 17.6 Å². The summed E-state index contributed by atoms with van der Waals surface area (Å²) >= 11 is 0. The standard InChI is InChI=1S/C15H19F4NO/c1-3-20-14(11-6-9(2)21-8-11)10-4-5-12(13(16)7-10)15(17,18)19/h4-5,7,9,11,14,20H,3,6,8H2,1-2H3. The number of rotatable bonds is 4. The van der Waals surface area contributed by atoms with Gasteiger partial charge in [0.1, 0.15) is 5.82 Å². The first-order valence-electron chi connectivity index (χ1n) is 7.04. The highest BCUT2D eigenvalue weighted by Gasteiger charge is 2.35. The molecule has 1 N–H and O–H groups in total. The van der Waals surface area contributed by atoms with E-state index in [0.717, 1.165) is 18.6 Å². The number of hydrogen-bond donors (Lipinski definition) is 1. The zero-order valence-corrected chi connectivity index (χ0v) is 12.0. The Hall–Kier alpha value is -1.14. The predicted molar refractivity (Wildman–Crippen MR) is 71.3 cm³/mol. The lowest BCUT2D eigenvalue weighted by atomic mass is 9.90. The van der Waals surface area contributed by atoms with Crippen molar-refractivity contribution in [1.29, 1.82) is 0 Å². The van der Waals surface area contributed by atoms with Gasteiger partial charge >= 0.3 is 6.18 Å². The van der Waals surface area contributed by atoms with E-state index in [1.807, 2.05) is 13.8 Å². The molecule has 3 atom stereocenters. The lowest BCUT2D eigenvalue weighted by Crippen LogP contribution is -2.29. The molecule has 2 nitrogen and oxygen atoms in total. The van der Waals surface area contributed by atoms with Crippen LogP contribution in [0, 0.1) is 11.7 Å². The Morgan fingerprint density at radius 3 is 2.57 bits per heavy atom. The molecular formula is C15H19F4NO. The lowest BCUT2D eigenvalue weighted by molar-refractivity contribution is -0.140. The number of alkyl halides is 3. The lowest BCUT2D eigenvalue weighted by Gasteiger charge is -2.24. The molecule has 118 valence electrons. The van der Waals surface area contributed by atoms with Crippen LogP contribution in [0.5, 0.6) is 0 Å². The number of ether oxygens (including phenoxy) is 1. The van der Waals surface area contributed by atoms with E-state index in [1.54, 1.807) is 0 Å². The minimum absolute atomic E-state index is 0.121. The van der Waals surface area contributed by atoms with Crippen LogP contribution in [-0.4, -0.2) is 19.3 Å². The van der Waals surface area contributed by atoms with Crippen molar-refractivity contribution in [1.82, 2.24) is 5.32 Å². The first kappa shape index (κ1) is 16.2. The Bertz CT molecular complexity index is 489. The highest BCUT2D eigenvalue weighted by molar-refractivity contribution is 5.29. The van der Waals surface area contributed by atoms with Gasteiger partial charge < -0.3 is 10.1 Å². The Kier molecular flexibility index (Phi) is 4.88. The minimum atomic E-state index is -4.67. The van der Waals surface area contributed by atoms with Crippen molar-refractivity contribution in [3.8, 4) is 0 Å². The zero-order chi connectivity index (χ0) is 15.6. The minimum Gasteiger partial charge on any atom is -0.378 e. The van der Waals surface area contributed by atoms with E-state index in [-0.39, 0.29) is 18.1 Å². The average Bonchev–Trinajstić information content (AvgIpc) is 2.80. The van der Waals surface area contributed by atoms with E-state index in [4.69, 9.17) is 4.74 Å². The van der Waals surface area contributed by atoms with E-state index in [9.17, 15) is 17.6 Å². The fourth-order valence-corrected chi connectivity index (χ4v) is 2.81. The molecule has 1 aromatic rings. The van der Waals surface area contributed by atoms with Crippen LogP contribution in [0.1, 0.15) is 37.4 Å². The molecule has 0 amide bonds. The van der Waals surface area contributed by atoms with Crippen molar-refractivity contribution in [2.45, 2.75) is 38.6 Å². The van der Waals surface area contributed by atoms with Gasteiger partial charge in [-0.3, -0.25) is 0 Å². The SMILES string of the molecule is CCNC(c1ccc(C(F)(F)F)c(F)c1)C1COC(C)C1. The highest BCUT2D eigenvalue weighted by atomic mass is 19.4. The molecule has 6 heteroatoms. The van der Waals surface area contributed by atoms with Crippen molar-refractivity contribution in [3.63, 3.8) is 0 Å². The van der Waals surface area contributed by atoms with Crippen LogP contribution in [0.25, 0.3) is 0 Å². The number of benzene rings is 1. The van der Waals surface area contributed by atoms with E-state index >= 15 is 0 Å². The van der Waals surface area contributed by atoms with Crippen LogP contribution >= 0.6 is 0 Å². The quantitative estimate of drug-likeness (QED) is 0.851. The number of halogens is 4. The molecule has 3 unspecified atom stereocenters. The molecule has 1 aromatic carbocycles. The second-order valence-corrected chi connectivity index (χ2v) is 5.41. The van der Waals surface area contributed by atoms with Gasteiger partial charge in [-0.2, -0.15) is 13.2 Å². The van der Waals surface area contributed by atoms with Crippen molar-refractivity contribution < 1.29 is 22.3 Å². The van der Waals surface area contributed by atoms with Crippen LogP contribution in [0.2, 0.25) is 0 Å². The molecule has 0 bridgehead atoms. The summed E-state index contributed by atoms with van der Waals surface area (Å²) in [4.78, 5) is 0. The van der Waals surface area contributed by atoms with Crippen molar-refractivity contribution in [3.05, 3.63) is 35.1 Å². The molecule has 1 saturated heterocycles. The molecule has 0 aromatic heterocycles. The monoisotopic (exact) mass is 305 g/mol. The fourth-order valence-electron chi connectivity index (χ4n) is 2.81. The number of nitrogens with one attached hydrogen (secondary N) is 1. The number of hydrogen-bond acceptors (Lipinski definition) is 2. The highest BCUT2D eigenvalue weighted by Crippen LogP contribution is 2.35. The molecule has 1 aliphatic heterocycles. The Morgan fingerprint density at radius 1 is 1.38 bits per heavy atom. The third kappa shape index (κ3) is 3.74. The third-order valence-corrected chi connectivity index (χ3v) is 3.78. The molecule has 0 saturated carbocycles. The first-order valence-corrected chi connectivity index (χ1v) is 7.04. The van der Waals surface area contributed by atoms with Crippen molar-refractivity contribution >= 4 is 0 Å². The van der Waals surface area contributed by atoms with Crippen molar-refractivity contribution in [2.24, 2.45) is 5.92 Å². The maximum absolute atomic E-state index is 13.7. The van der Waals surface area contributed by atoms with Gasteiger partial charge in [-0.05, 0) is 37.6 Å². The second-order valence-electron chi connectivity index (χ2n) is 5.41. The van der Waals surface area contributed by atoms with Crippen LogP contribution in [0.15, 0.2) is 18.2 Å². The van der Waals surface area contributed by atoms with Crippen LogP contribution in [0.3, 0.4) is 0 Å². The smallest absolute Gasteiger partial charge is 0.378 e.